The predicted octanol–water partition coefficient (Wildman–Crippen LogP) is 1.46. The SMILES string of the molecule is COc1cc(F)c(S(=O)(=O)N(C)c2ncccn2)cc1OC. The molecule has 1 aromatic carbocycles. The lowest BCUT2D eigenvalue weighted by Gasteiger charge is -2.18. The van der Waals surface area contributed by atoms with E-state index in [2.05, 4.69) is 9.97 Å². The second-order valence-corrected chi connectivity index (χ2v) is 6.10. The molecule has 0 atom stereocenters. The lowest BCUT2D eigenvalue weighted by molar-refractivity contribution is 0.350. The third-order valence-corrected chi connectivity index (χ3v) is 4.66. The molecule has 0 aliphatic rings. The van der Waals surface area contributed by atoms with Gasteiger partial charge in [-0.1, -0.05) is 0 Å². The number of sulfonamides is 1. The van der Waals surface area contributed by atoms with E-state index in [4.69, 9.17) is 9.47 Å². The van der Waals surface area contributed by atoms with Gasteiger partial charge in [0.1, 0.15) is 10.7 Å². The number of hydrogen-bond donors (Lipinski definition) is 0. The number of nitrogens with zero attached hydrogens (tertiary/aromatic N) is 3. The summed E-state index contributed by atoms with van der Waals surface area (Å²) in [5.41, 5.74) is 0. The number of ether oxygens (including phenoxy) is 2. The Bertz CT molecular complexity index is 768. The highest BCUT2D eigenvalue weighted by Gasteiger charge is 2.28. The minimum Gasteiger partial charge on any atom is -0.493 e. The summed E-state index contributed by atoms with van der Waals surface area (Å²) in [6.45, 7) is 0. The van der Waals surface area contributed by atoms with Crippen LogP contribution in [0.1, 0.15) is 0 Å². The van der Waals surface area contributed by atoms with Crippen molar-refractivity contribution in [2.75, 3.05) is 25.6 Å². The van der Waals surface area contributed by atoms with Crippen molar-refractivity contribution in [1.82, 2.24) is 9.97 Å². The molecule has 22 heavy (non-hydrogen) atoms. The van der Waals surface area contributed by atoms with Crippen molar-refractivity contribution in [3.8, 4) is 11.5 Å². The maximum atomic E-state index is 14.1. The Morgan fingerprint density at radius 2 is 1.64 bits per heavy atom. The molecule has 0 saturated heterocycles. The van der Waals surface area contributed by atoms with Gasteiger partial charge in [0.25, 0.3) is 10.0 Å². The molecule has 1 heterocycles. The molecule has 0 amide bonds. The van der Waals surface area contributed by atoms with Crippen LogP contribution < -0.4 is 13.8 Å². The molecule has 0 aliphatic carbocycles. The van der Waals surface area contributed by atoms with Crippen molar-refractivity contribution in [1.29, 1.82) is 0 Å². The molecule has 0 unspecified atom stereocenters. The largest absolute Gasteiger partial charge is 0.493 e. The number of rotatable bonds is 5. The summed E-state index contributed by atoms with van der Waals surface area (Å²) in [6.07, 6.45) is 2.78. The highest BCUT2D eigenvalue weighted by atomic mass is 32.2. The molecule has 0 spiro atoms. The van der Waals surface area contributed by atoms with Crippen LogP contribution in [0, 0.1) is 5.82 Å². The van der Waals surface area contributed by atoms with E-state index in [1.165, 1.54) is 33.7 Å². The summed E-state index contributed by atoms with van der Waals surface area (Å²) in [4.78, 5) is 7.11. The summed E-state index contributed by atoms with van der Waals surface area (Å²) in [5, 5.41) is 0. The molecular formula is C13H14FN3O4S. The normalized spacial score (nSPS) is 11.1. The number of halogens is 1. The van der Waals surface area contributed by atoms with E-state index in [9.17, 15) is 12.8 Å². The zero-order valence-corrected chi connectivity index (χ0v) is 13.0. The van der Waals surface area contributed by atoms with Crippen LogP contribution in [0.25, 0.3) is 0 Å². The van der Waals surface area contributed by atoms with Gasteiger partial charge in [-0.15, -0.1) is 0 Å². The van der Waals surface area contributed by atoms with Gasteiger partial charge < -0.3 is 9.47 Å². The molecule has 0 radical (unpaired) electrons. The Balaban J connectivity index is 2.54. The number of aromatic nitrogens is 2. The van der Waals surface area contributed by atoms with Crippen molar-refractivity contribution in [3.05, 3.63) is 36.4 Å². The lowest BCUT2D eigenvalue weighted by Crippen LogP contribution is -2.29. The smallest absolute Gasteiger partial charge is 0.269 e. The summed E-state index contributed by atoms with van der Waals surface area (Å²) < 4.78 is 49.9. The predicted molar refractivity (Wildman–Crippen MR) is 77.1 cm³/mol. The number of hydrogen-bond acceptors (Lipinski definition) is 6. The van der Waals surface area contributed by atoms with Gasteiger partial charge in [0.15, 0.2) is 11.5 Å². The molecule has 7 nitrogen and oxygen atoms in total. The maximum Gasteiger partial charge on any atom is 0.269 e. The Morgan fingerprint density at radius 3 is 2.18 bits per heavy atom. The van der Waals surface area contributed by atoms with Gasteiger partial charge in [0, 0.05) is 31.6 Å². The molecule has 118 valence electrons. The summed E-state index contributed by atoms with van der Waals surface area (Å²) in [5.74, 6) is -0.834. The fourth-order valence-electron chi connectivity index (χ4n) is 1.74. The van der Waals surface area contributed by atoms with Gasteiger partial charge in [-0.05, 0) is 6.07 Å². The van der Waals surface area contributed by atoms with Crippen LogP contribution in [0.3, 0.4) is 0 Å². The first-order valence-corrected chi connectivity index (χ1v) is 7.53. The average Bonchev–Trinajstić information content (AvgIpc) is 2.54. The first-order chi connectivity index (χ1) is 10.4. The van der Waals surface area contributed by atoms with Gasteiger partial charge in [-0.3, -0.25) is 0 Å². The van der Waals surface area contributed by atoms with Crippen molar-refractivity contribution >= 4 is 16.0 Å². The fourth-order valence-corrected chi connectivity index (χ4v) is 2.91. The molecular weight excluding hydrogens is 313 g/mol. The van der Waals surface area contributed by atoms with Crippen molar-refractivity contribution in [2.24, 2.45) is 0 Å². The van der Waals surface area contributed by atoms with Crippen LogP contribution in [0.15, 0.2) is 35.5 Å². The van der Waals surface area contributed by atoms with Gasteiger partial charge >= 0.3 is 0 Å². The zero-order chi connectivity index (χ0) is 16.3. The number of benzene rings is 1. The van der Waals surface area contributed by atoms with Gasteiger partial charge in [-0.2, -0.15) is 0 Å². The number of anilines is 1. The molecule has 2 rings (SSSR count). The Labute approximate surface area is 127 Å². The van der Waals surface area contributed by atoms with Crippen LogP contribution in [0.5, 0.6) is 11.5 Å². The minimum atomic E-state index is -4.18. The molecule has 0 saturated carbocycles. The monoisotopic (exact) mass is 327 g/mol. The van der Waals surface area contributed by atoms with E-state index < -0.39 is 20.7 Å². The summed E-state index contributed by atoms with van der Waals surface area (Å²) in [6, 6.07) is 3.55. The van der Waals surface area contributed by atoms with Crippen LogP contribution in [0.4, 0.5) is 10.3 Å². The molecule has 2 aromatic rings. The van der Waals surface area contributed by atoms with Gasteiger partial charge in [0.05, 0.1) is 14.2 Å². The molecule has 0 N–H and O–H groups in total. The highest BCUT2D eigenvalue weighted by Crippen LogP contribution is 2.33. The molecule has 0 bridgehead atoms. The van der Waals surface area contributed by atoms with Crippen LogP contribution in [-0.4, -0.2) is 39.7 Å². The summed E-state index contributed by atoms with van der Waals surface area (Å²) in [7, 11) is -0.287. The topological polar surface area (TPSA) is 81.6 Å². The minimum absolute atomic E-state index is 0.0725. The van der Waals surface area contributed by atoms with Crippen LogP contribution >= 0.6 is 0 Å². The molecule has 0 fully saturated rings. The van der Waals surface area contributed by atoms with E-state index >= 15 is 0 Å². The van der Waals surface area contributed by atoms with E-state index in [0.717, 1.165) is 16.4 Å². The standard InChI is InChI=1S/C13H14FN3O4S/c1-17(13-15-5-4-6-16-13)22(18,19)12-8-11(21-3)10(20-2)7-9(12)14/h4-8H,1-3H3. The first-order valence-electron chi connectivity index (χ1n) is 6.09. The van der Waals surface area contributed by atoms with E-state index in [-0.39, 0.29) is 17.4 Å². The van der Waals surface area contributed by atoms with E-state index in [1.54, 1.807) is 6.07 Å². The molecule has 1 aromatic heterocycles. The highest BCUT2D eigenvalue weighted by molar-refractivity contribution is 7.92. The second-order valence-electron chi connectivity index (χ2n) is 4.16. The Kier molecular flexibility index (Phi) is 4.45. The fraction of sp³-hybridized carbons (Fsp3) is 0.231. The van der Waals surface area contributed by atoms with Crippen LogP contribution in [0.2, 0.25) is 0 Å². The van der Waals surface area contributed by atoms with Crippen molar-refractivity contribution in [2.45, 2.75) is 4.90 Å². The van der Waals surface area contributed by atoms with E-state index in [0.29, 0.717) is 0 Å². The molecule has 9 heteroatoms. The Hall–Kier alpha value is -2.42. The summed E-state index contributed by atoms with van der Waals surface area (Å²) >= 11 is 0. The lowest BCUT2D eigenvalue weighted by atomic mass is 10.3. The Morgan fingerprint density at radius 1 is 1.09 bits per heavy atom. The van der Waals surface area contributed by atoms with Crippen molar-refractivity contribution in [3.63, 3.8) is 0 Å². The average molecular weight is 327 g/mol. The quantitative estimate of drug-likeness (QED) is 0.827. The first kappa shape index (κ1) is 16.0. The zero-order valence-electron chi connectivity index (χ0n) is 12.1. The second kappa shape index (κ2) is 6.14. The molecule has 0 aliphatic heterocycles. The van der Waals surface area contributed by atoms with E-state index in [1.807, 2.05) is 0 Å². The number of methoxy groups -OCH3 is 2. The third kappa shape index (κ3) is 2.80. The third-order valence-electron chi connectivity index (χ3n) is 2.91. The van der Waals surface area contributed by atoms with Gasteiger partial charge in [0.2, 0.25) is 5.95 Å². The van der Waals surface area contributed by atoms with Crippen molar-refractivity contribution < 1.29 is 22.3 Å². The van der Waals surface area contributed by atoms with Gasteiger partial charge in [-0.25, -0.2) is 27.1 Å². The maximum absolute atomic E-state index is 14.1. The van der Waals surface area contributed by atoms with Crippen LogP contribution in [-0.2, 0) is 10.0 Å².